The number of carbonyl (C=O) groups excluding carboxylic acids is 2. The Morgan fingerprint density at radius 2 is 2.00 bits per heavy atom. The first-order valence-corrected chi connectivity index (χ1v) is 7.11. The van der Waals surface area contributed by atoms with Crippen LogP contribution in [0.1, 0.15) is 33.6 Å². The number of carbonyl (C=O) groups is 2. The molecule has 2 amide bonds. The standard InChI is InChI=1S/C13H24N2O5/c1-4-9-15(11-12(20-11)19-6-3)13(17)14-8-7-10(16)18-5-2/h11-12H,4-9H2,1-3H3,(H,14,17). The summed E-state index contributed by atoms with van der Waals surface area (Å²) in [6.45, 7) is 7.34. The lowest BCUT2D eigenvalue weighted by Gasteiger charge is -2.20. The van der Waals surface area contributed by atoms with Gasteiger partial charge in [-0.15, -0.1) is 0 Å². The predicted molar refractivity (Wildman–Crippen MR) is 71.9 cm³/mol. The molecule has 1 N–H and O–H groups in total. The molecule has 2 atom stereocenters. The van der Waals surface area contributed by atoms with Gasteiger partial charge >= 0.3 is 12.0 Å². The molecule has 0 aromatic heterocycles. The van der Waals surface area contributed by atoms with E-state index in [-0.39, 0.29) is 37.5 Å². The van der Waals surface area contributed by atoms with Crippen LogP contribution in [-0.2, 0) is 19.0 Å². The van der Waals surface area contributed by atoms with E-state index in [0.29, 0.717) is 19.8 Å². The summed E-state index contributed by atoms with van der Waals surface area (Å²) in [6.07, 6.45) is 0.337. The van der Waals surface area contributed by atoms with Crippen molar-refractivity contribution < 1.29 is 23.8 Å². The van der Waals surface area contributed by atoms with Gasteiger partial charge in [0.2, 0.25) is 6.29 Å². The van der Waals surface area contributed by atoms with Gasteiger partial charge in [-0.25, -0.2) is 4.79 Å². The second-order valence-corrected chi connectivity index (χ2v) is 4.33. The van der Waals surface area contributed by atoms with E-state index in [0.717, 1.165) is 6.42 Å². The van der Waals surface area contributed by atoms with Gasteiger partial charge in [-0.1, -0.05) is 6.92 Å². The van der Waals surface area contributed by atoms with Crippen LogP contribution in [0.2, 0.25) is 0 Å². The first kappa shape index (κ1) is 16.7. The van der Waals surface area contributed by atoms with Gasteiger partial charge in [0.15, 0.2) is 6.23 Å². The molecule has 7 heteroatoms. The number of rotatable bonds is 9. The van der Waals surface area contributed by atoms with Crippen molar-refractivity contribution in [3.8, 4) is 0 Å². The van der Waals surface area contributed by atoms with E-state index in [1.807, 2.05) is 13.8 Å². The second-order valence-electron chi connectivity index (χ2n) is 4.33. The van der Waals surface area contributed by atoms with Crippen LogP contribution < -0.4 is 5.32 Å². The molecule has 0 spiro atoms. The van der Waals surface area contributed by atoms with E-state index in [4.69, 9.17) is 14.2 Å². The van der Waals surface area contributed by atoms with Crippen LogP contribution in [0.4, 0.5) is 4.79 Å². The molecule has 1 fully saturated rings. The minimum atomic E-state index is -0.331. The van der Waals surface area contributed by atoms with Gasteiger partial charge < -0.3 is 19.5 Å². The molecule has 0 radical (unpaired) electrons. The lowest BCUT2D eigenvalue weighted by Crippen LogP contribution is -2.43. The zero-order chi connectivity index (χ0) is 15.0. The normalized spacial score (nSPS) is 20.4. The van der Waals surface area contributed by atoms with Gasteiger partial charge in [0, 0.05) is 19.7 Å². The van der Waals surface area contributed by atoms with Crippen LogP contribution in [0.15, 0.2) is 0 Å². The SMILES string of the molecule is CCCN(C(=O)NCCC(=O)OCC)C1OC1OCC. The summed E-state index contributed by atoms with van der Waals surface area (Å²) in [5.41, 5.74) is 0. The monoisotopic (exact) mass is 288 g/mol. The maximum atomic E-state index is 12.0. The largest absolute Gasteiger partial charge is 0.466 e. The van der Waals surface area contributed by atoms with Crippen molar-refractivity contribution in [3.63, 3.8) is 0 Å². The fourth-order valence-corrected chi connectivity index (χ4v) is 1.79. The molecule has 0 bridgehead atoms. The van der Waals surface area contributed by atoms with Gasteiger partial charge in [0.25, 0.3) is 0 Å². The van der Waals surface area contributed by atoms with E-state index < -0.39 is 0 Å². The van der Waals surface area contributed by atoms with Crippen LogP contribution in [0.25, 0.3) is 0 Å². The molecular weight excluding hydrogens is 264 g/mol. The molecule has 0 aliphatic carbocycles. The van der Waals surface area contributed by atoms with E-state index >= 15 is 0 Å². The molecule has 116 valence electrons. The topological polar surface area (TPSA) is 80.4 Å². The summed E-state index contributed by atoms with van der Waals surface area (Å²) < 4.78 is 15.4. The fourth-order valence-electron chi connectivity index (χ4n) is 1.79. The number of ether oxygens (including phenoxy) is 3. The van der Waals surface area contributed by atoms with E-state index in [1.165, 1.54) is 0 Å². The molecule has 1 aliphatic heterocycles. The first-order valence-electron chi connectivity index (χ1n) is 7.11. The number of amides is 2. The Bertz CT molecular complexity index is 324. The third kappa shape index (κ3) is 5.34. The Morgan fingerprint density at radius 1 is 1.25 bits per heavy atom. The number of esters is 1. The third-order valence-electron chi connectivity index (χ3n) is 2.70. The molecule has 1 heterocycles. The Morgan fingerprint density at radius 3 is 2.60 bits per heavy atom. The highest BCUT2D eigenvalue weighted by Crippen LogP contribution is 2.27. The van der Waals surface area contributed by atoms with Crippen LogP contribution in [0, 0.1) is 0 Å². The van der Waals surface area contributed by atoms with Crippen LogP contribution in [0.3, 0.4) is 0 Å². The number of epoxide rings is 1. The van der Waals surface area contributed by atoms with Gasteiger partial charge in [0.05, 0.1) is 13.0 Å². The minimum Gasteiger partial charge on any atom is -0.466 e. The van der Waals surface area contributed by atoms with Gasteiger partial charge in [-0.3, -0.25) is 9.69 Å². The zero-order valence-corrected chi connectivity index (χ0v) is 12.4. The van der Waals surface area contributed by atoms with Crippen LogP contribution in [-0.4, -0.2) is 55.7 Å². The van der Waals surface area contributed by atoms with Gasteiger partial charge in [0.1, 0.15) is 0 Å². The predicted octanol–water partition coefficient (Wildman–Crippen LogP) is 1.08. The van der Waals surface area contributed by atoms with Crippen LogP contribution >= 0.6 is 0 Å². The molecular formula is C13H24N2O5. The molecule has 1 aliphatic rings. The summed E-state index contributed by atoms with van der Waals surface area (Å²) in [6, 6.07) is -0.247. The average molecular weight is 288 g/mol. The first-order chi connectivity index (χ1) is 9.63. The fraction of sp³-hybridized carbons (Fsp3) is 0.846. The number of urea groups is 1. The number of hydrogen-bond acceptors (Lipinski definition) is 5. The van der Waals surface area contributed by atoms with Crippen molar-refractivity contribution in [3.05, 3.63) is 0 Å². The van der Waals surface area contributed by atoms with E-state index in [9.17, 15) is 9.59 Å². The molecule has 0 aromatic rings. The van der Waals surface area contributed by atoms with Crippen molar-refractivity contribution in [1.29, 1.82) is 0 Å². The van der Waals surface area contributed by atoms with Crippen molar-refractivity contribution in [2.45, 2.75) is 46.1 Å². The Hall–Kier alpha value is -1.34. The quantitative estimate of drug-likeness (QED) is 0.507. The second kappa shape index (κ2) is 8.76. The average Bonchev–Trinajstić information content (AvgIpc) is 3.15. The zero-order valence-electron chi connectivity index (χ0n) is 12.4. The molecule has 0 aromatic carbocycles. The molecule has 1 rings (SSSR count). The lowest BCUT2D eigenvalue weighted by molar-refractivity contribution is -0.142. The maximum Gasteiger partial charge on any atom is 0.319 e. The van der Waals surface area contributed by atoms with E-state index in [2.05, 4.69) is 5.32 Å². The highest BCUT2D eigenvalue weighted by Gasteiger charge is 2.46. The molecule has 1 saturated heterocycles. The molecule has 7 nitrogen and oxygen atoms in total. The summed E-state index contributed by atoms with van der Waals surface area (Å²) in [7, 11) is 0. The van der Waals surface area contributed by atoms with Crippen molar-refractivity contribution >= 4 is 12.0 Å². The highest BCUT2D eigenvalue weighted by atomic mass is 16.8. The Kier molecular flexibility index (Phi) is 7.32. The smallest absolute Gasteiger partial charge is 0.319 e. The number of nitrogens with zero attached hydrogens (tertiary/aromatic N) is 1. The molecule has 0 saturated carbocycles. The highest BCUT2D eigenvalue weighted by molar-refractivity contribution is 5.76. The van der Waals surface area contributed by atoms with Crippen molar-refractivity contribution in [1.82, 2.24) is 10.2 Å². The third-order valence-corrected chi connectivity index (χ3v) is 2.70. The number of hydrogen-bond donors (Lipinski definition) is 1. The van der Waals surface area contributed by atoms with E-state index in [1.54, 1.807) is 11.8 Å². The van der Waals surface area contributed by atoms with Crippen molar-refractivity contribution in [2.75, 3.05) is 26.3 Å². The molecule has 20 heavy (non-hydrogen) atoms. The number of nitrogens with one attached hydrogen (secondary N) is 1. The summed E-state index contributed by atoms with van der Waals surface area (Å²) in [4.78, 5) is 24.8. The molecule has 2 unspecified atom stereocenters. The minimum absolute atomic E-state index is 0.167. The summed E-state index contributed by atoms with van der Waals surface area (Å²) >= 11 is 0. The van der Waals surface area contributed by atoms with Crippen LogP contribution in [0.5, 0.6) is 0 Å². The lowest BCUT2D eigenvalue weighted by atomic mass is 10.4. The summed E-state index contributed by atoms with van der Waals surface area (Å²) in [5.74, 6) is -0.315. The Labute approximate surface area is 119 Å². The van der Waals surface area contributed by atoms with Crippen molar-refractivity contribution in [2.24, 2.45) is 0 Å². The van der Waals surface area contributed by atoms with Gasteiger partial charge in [-0.2, -0.15) is 0 Å². The maximum absolute atomic E-state index is 12.0. The summed E-state index contributed by atoms with van der Waals surface area (Å²) in [5, 5.41) is 2.69. The Balaban J connectivity index is 2.32. The van der Waals surface area contributed by atoms with Gasteiger partial charge in [-0.05, 0) is 20.3 Å².